The number of hydrogen-bond acceptors (Lipinski definition) is 8. The van der Waals surface area contributed by atoms with Crippen LogP contribution in [-0.2, 0) is 32.4 Å². The molecule has 48 heavy (non-hydrogen) atoms. The fourth-order valence-electron chi connectivity index (χ4n) is 5.42. The van der Waals surface area contributed by atoms with E-state index in [9.17, 15) is 13.2 Å². The Kier molecular flexibility index (Phi) is 10.00. The second-order valence-corrected chi connectivity index (χ2v) is 14.6. The zero-order chi connectivity index (χ0) is 33.8. The molecule has 0 bridgehead atoms. The van der Waals surface area contributed by atoms with E-state index in [2.05, 4.69) is 6.07 Å². The van der Waals surface area contributed by atoms with E-state index >= 15 is 4.39 Å². The predicted molar refractivity (Wildman–Crippen MR) is 189 cm³/mol. The molecule has 0 fully saturated rings. The highest BCUT2D eigenvalue weighted by atomic mass is 32.2. The third-order valence-corrected chi connectivity index (χ3v) is 11.2. The molecule has 246 valence electrons. The lowest BCUT2D eigenvalue weighted by Gasteiger charge is -2.14. The molecular weight excluding hydrogens is 668 g/mol. The number of thiazole rings is 1. The molecule has 7 nitrogen and oxygen atoms in total. The molecule has 0 unspecified atom stereocenters. The second-order valence-electron chi connectivity index (χ2n) is 11.2. The Balaban J connectivity index is 1.22. The van der Waals surface area contributed by atoms with E-state index in [0.717, 1.165) is 36.9 Å². The average Bonchev–Trinajstić information content (AvgIpc) is 3.72. The number of rotatable bonds is 12. The Hall–Kier alpha value is -4.45. The van der Waals surface area contributed by atoms with Crippen molar-refractivity contribution in [3.05, 3.63) is 125 Å². The first-order chi connectivity index (χ1) is 23.2. The number of aromatic nitrogens is 2. The van der Waals surface area contributed by atoms with Crippen LogP contribution in [0.15, 0.2) is 106 Å². The molecule has 0 aliphatic rings. The molecule has 0 aliphatic carbocycles. The minimum atomic E-state index is -3.94. The zero-order valence-corrected chi connectivity index (χ0v) is 29.1. The lowest BCUT2D eigenvalue weighted by molar-refractivity contribution is -0.143. The fourth-order valence-corrected chi connectivity index (χ4v) is 8.29. The van der Waals surface area contributed by atoms with Crippen molar-refractivity contribution in [1.29, 1.82) is 0 Å². The van der Waals surface area contributed by atoms with Gasteiger partial charge in [-0.25, -0.2) is 21.8 Å². The molecule has 0 spiro atoms. The maximum Gasteiger partial charge on any atom is 0.306 e. The van der Waals surface area contributed by atoms with E-state index in [1.807, 2.05) is 48.7 Å². The summed E-state index contributed by atoms with van der Waals surface area (Å²) in [5, 5.41) is 3.39. The van der Waals surface area contributed by atoms with E-state index < -0.39 is 15.8 Å². The van der Waals surface area contributed by atoms with Crippen molar-refractivity contribution in [2.75, 3.05) is 12.9 Å². The van der Waals surface area contributed by atoms with Crippen LogP contribution >= 0.6 is 23.1 Å². The van der Waals surface area contributed by atoms with Crippen molar-refractivity contribution in [2.24, 2.45) is 0 Å². The SMILES string of the molecule is CCOC(=O)CCc1cccc(Cc2csc(-c3cccc(Oc4c(F)cc5c(ccn5S(=O)(=O)c5ccc(C)cc5)c4SC)c3)n2)c1. The number of hydrogen-bond donors (Lipinski definition) is 0. The third-order valence-electron chi connectivity index (χ3n) is 7.76. The molecule has 0 radical (unpaired) electrons. The quantitative estimate of drug-likeness (QED) is 0.0930. The van der Waals surface area contributed by atoms with Crippen molar-refractivity contribution in [3.63, 3.8) is 0 Å². The molecule has 11 heteroatoms. The maximum atomic E-state index is 15.8. The first kappa shape index (κ1) is 33.5. The van der Waals surface area contributed by atoms with Crippen molar-refractivity contribution in [3.8, 4) is 22.1 Å². The highest BCUT2D eigenvalue weighted by Crippen LogP contribution is 2.42. The monoisotopic (exact) mass is 700 g/mol. The van der Waals surface area contributed by atoms with Gasteiger partial charge in [0.15, 0.2) is 11.6 Å². The van der Waals surface area contributed by atoms with Crippen molar-refractivity contribution >= 4 is 50.0 Å². The van der Waals surface area contributed by atoms with Crippen LogP contribution in [0.2, 0.25) is 0 Å². The lowest BCUT2D eigenvalue weighted by Crippen LogP contribution is -2.12. The number of esters is 1. The van der Waals surface area contributed by atoms with Crippen molar-refractivity contribution in [2.45, 2.75) is 42.9 Å². The number of halogens is 1. The number of ether oxygens (including phenoxy) is 2. The van der Waals surface area contributed by atoms with Gasteiger partial charge in [-0.2, -0.15) is 0 Å². The van der Waals surface area contributed by atoms with E-state index in [1.54, 1.807) is 49.6 Å². The van der Waals surface area contributed by atoms with Gasteiger partial charge in [0.25, 0.3) is 10.0 Å². The minimum absolute atomic E-state index is 0.0281. The molecule has 6 aromatic rings. The molecule has 0 N–H and O–H groups in total. The second kappa shape index (κ2) is 14.3. The summed E-state index contributed by atoms with van der Waals surface area (Å²) in [6.45, 7) is 4.06. The summed E-state index contributed by atoms with van der Waals surface area (Å²) in [5.41, 5.74) is 5.08. The van der Waals surface area contributed by atoms with Gasteiger partial charge in [0.2, 0.25) is 0 Å². The Labute approximate surface area is 287 Å². The Bertz CT molecular complexity index is 2210. The molecule has 0 aliphatic heterocycles. The zero-order valence-electron chi connectivity index (χ0n) is 26.6. The first-order valence-electron chi connectivity index (χ1n) is 15.3. The van der Waals surface area contributed by atoms with Gasteiger partial charge in [-0.05, 0) is 68.0 Å². The minimum Gasteiger partial charge on any atom is -0.466 e. The van der Waals surface area contributed by atoms with Gasteiger partial charge in [0.05, 0.1) is 27.6 Å². The number of carbonyl (C=O) groups excluding carboxylic acids is 1. The first-order valence-corrected chi connectivity index (χ1v) is 18.9. The molecule has 2 aromatic heterocycles. The number of fused-ring (bicyclic) bond motifs is 1. The molecule has 0 saturated heterocycles. The largest absolute Gasteiger partial charge is 0.466 e. The molecular formula is C37H33FN2O5S3. The number of thioether (sulfide) groups is 1. The summed E-state index contributed by atoms with van der Waals surface area (Å²) in [7, 11) is -3.94. The molecule has 0 amide bonds. The molecule has 0 atom stereocenters. The summed E-state index contributed by atoms with van der Waals surface area (Å²) < 4.78 is 55.0. The maximum absolute atomic E-state index is 15.8. The normalized spacial score (nSPS) is 11.6. The Morgan fingerprint density at radius 2 is 1.77 bits per heavy atom. The lowest BCUT2D eigenvalue weighted by atomic mass is 10.0. The smallest absolute Gasteiger partial charge is 0.306 e. The van der Waals surface area contributed by atoms with E-state index in [0.29, 0.717) is 41.9 Å². The van der Waals surface area contributed by atoms with E-state index in [4.69, 9.17) is 14.5 Å². The summed E-state index contributed by atoms with van der Waals surface area (Å²) in [4.78, 5) is 17.2. The van der Waals surface area contributed by atoms with Crippen LogP contribution in [0.3, 0.4) is 0 Å². The van der Waals surface area contributed by atoms with Gasteiger partial charge in [0.1, 0.15) is 10.8 Å². The van der Waals surface area contributed by atoms with Crippen LogP contribution < -0.4 is 4.74 Å². The van der Waals surface area contributed by atoms with Gasteiger partial charge in [-0.3, -0.25) is 4.79 Å². The highest BCUT2D eigenvalue weighted by Gasteiger charge is 2.24. The molecule has 6 rings (SSSR count). The molecule has 2 heterocycles. The summed E-state index contributed by atoms with van der Waals surface area (Å²) in [6, 6.07) is 24.9. The average molecular weight is 701 g/mol. The van der Waals surface area contributed by atoms with E-state index in [1.165, 1.54) is 35.4 Å². The van der Waals surface area contributed by atoms with Crippen LogP contribution in [0.4, 0.5) is 4.39 Å². The van der Waals surface area contributed by atoms with Gasteiger partial charge in [-0.1, -0.05) is 54.1 Å². The van der Waals surface area contributed by atoms with Crippen molar-refractivity contribution < 1.29 is 27.1 Å². The van der Waals surface area contributed by atoms with Crippen LogP contribution in [0.5, 0.6) is 11.5 Å². The van der Waals surface area contributed by atoms with Crippen LogP contribution in [0.25, 0.3) is 21.5 Å². The van der Waals surface area contributed by atoms with Crippen LogP contribution in [0, 0.1) is 12.7 Å². The van der Waals surface area contributed by atoms with Gasteiger partial charge in [0, 0.05) is 41.4 Å². The third kappa shape index (κ3) is 7.18. The van der Waals surface area contributed by atoms with Gasteiger partial charge in [-0.15, -0.1) is 23.1 Å². The molecule has 4 aromatic carbocycles. The van der Waals surface area contributed by atoms with Crippen LogP contribution in [-0.4, -0.2) is 36.2 Å². The number of benzene rings is 4. The fraction of sp³-hybridized carbons (Fsp3) is 0.189. The topological polar surface area (TPSA) is 87.5 Å². The van der Waals surface area contributed by atoms with Gasteiger partial charge >= 0.3 is 5.97 Å². The highest BCUT2D eigenvalue weighted by molar-refractivity contribution is 7.99. The van der Waals surface area contributed by atoms with Crippen molar-refractivity contribution in [1.82, 2.24) is 8.96 Å². The summed E-state index contributed by atoms with van der Waals surface area (Å²) >= 11 is 2.80. The number of aryl methyl sites for hydroxylation is 2. The van der Waals surface area contributed by atoms with Gasteiger partial charge < -0.3 is 9.47 Å². The number of nitrogens with zero attached hydrogens (tertiary/aromatic N) is 2. The molecule has 0 saturated carbocycles. The van der Waals surface area contributed by atoms with E-state index in [-0.39, 0.29) is 22.1 Å². The Morgan fingerprint density at radius 3 is 2.54 bits per heavy atom. The van der Waals surface area contributed by atoms with Crippen LogP contribution in [0.1, 0.15) is 35.7 Å². The standard InChI is InChI=1S/C37H33FN2O5S3/c1-4-44-34(41)16-13-25-7-5-8-26(19-25)20-28-23-47-37(39-28)27-9-6-10-29(21-27)45-35-32(38)22-33-31(36(35)46-3)17-18-40(33)48(42,43)30-14-11-24(2)12-15-30/h5-12,14-15,17-19,21-23H,4,13,16,20H2,1-3H3. The summed E-state index contributed by atoms with van der Waals surface area (Å²) in [5.74, 6) is -0.411. The Morgan fingerprint density at radius 1 is 1.00 bits per heavy atom. The summed E-state index contributed by atoms with van der Waals surface area (Å²) in [6.07, 6.45) is 4.85. The number of carbonyl (C=O) groups is 1. The predicted octanol–water partition coefficient (Wildman–Crippen LogP) is 9.05.